The molecule has 2 saturated heterocycles. The van der Waals surface area contributed by atoms with Crippen molar-refractivity contribution in [2.24, 2.45) is 50.2 Å². The van der Waals surface area contributed by atoms with Crippen LogP contribution in [-0.4, -0.2) is 84.9 Å². The highest BCUT2D eigenvalue weighted by Crippen LogP contribution is 2.75. The minimum atomic E-state index is -0.898. The third-order valence-electron chi connectivity index (χ3n) is 17.8. The predicted octanol–water partition coefficient (Wildman–Crippen LogP) is 5.87. The largest absolute Gasteiger partial charge is 0.393 e. The van der Waals surface area contributed by atoms with E-state index in [-0.39, 0.29) is 75.6 Å². The molecule has 12 atom stereocenters. The van der Waals surface area contributed by atoms with E-state index >= 15 is 0 Å². The summed E-state index contributed by atoms with van der Waals surface area (Å²) in [5, 5.41) is 44.9. The molecule has 12 nitrogen and oxygen atoms in total. The van der Waals surface area contributed by atoms with Gasteiger partial charge >= 0.3 is 6.03 Å². The molecule has 0 radical (unpaired) electrons. The van der Waals surface area contributed by atoms with Gasteiger partial charge in [0.1, 0.15) is 5.69 Å². The van der Waals surface area contributed by atoms with E-state index < -0.39 is 11.5 Å². The summed E-state index contributed by atoms with van der Waals surface area (Å²) >= 11 is 1.90. The maximum Gasteiger partial charge on any atom is 0.315 e. The molecule has 0 aromatic carbocycles. The topological polar surface area (TPSA) is 170 Å². The molecule has 7 aliphatic rings. The SMILES string of the molecule is CC1(C)CC[C@]2(C(=O)NCc3cn(CCNC(=O)CCCC[C@@H]4SC[C@@H]5NC(=O)N[C@@H]54)nn3)[C@H](O)C[C@]3(C)C(=CC[C@@H]4[C@@]5(C)CC[C@H](O)C(C)(C)[C@@H]5CC[C@]43C)[C@@H]2C1. The number of nitrogens with one attached hydrogen (secondary N) is 4. The predicted molar refractivity (Wildman–Crippen MR) is 225 cm³/mol. The van der Waals surface area contributed by atoms with E-state index in [1.807, 2.05) is 18.0 Å². The summed E-state index contributed by atoms with van der Waals surface area (Å²) in [6, 6.07) is 0.350. The Bertz CT molecular complexity index is 1800. The van der Waals surface area contributed by atoms with Gasteiger partial charge in [-0.2, -0.15) is 11.8 Å². The fourth-order valence-electron chi connectivity index (χ4n) is 14.3. The number of carbonyl (C=O) groups is 3. The number of fused-ring (bicyclic) bond motifs is 8. The zero-order valence-corrected chi connectivity index (χ0v) is 37.0. The zero-order valence-electron chi connectivity index (χ0n) is 36.2. The monoisotopic (exact) mass is 822 g/mol. The van der Waals surface area contributed by atoms with Crippen LogP contribution in [0.5, 0.6) is 0 Å². The molecule has 58 heavy (non-hydrogen) atoms. The summed E-state index contributed by atoms with van der Waals surface area (Å²) < 4.78 is 1.71. The Kier molecular flexibility index (Phi) is 10.9. The molecule has 2 aliphatic heterocycles. The number of aliphatic hydroxyl groups is 2. The van der Waals surface area contributed by atoms with Crippen molar-refractivity contribution in [3.05, 3.63) is 23.5 Å². The fourth-order valence-corrected chi connectivity index (χ4v) is 15.8. The van der Waals surface area contributed by atoms with Crippen LogP contribution in [0.1, 0.15) is 138 Å². The average molecular weight is 822 g/mol. The maximum atomic E-state index is 14.7. The number of thioether (sulfide) groups is 1. The Morgan fingerprint density at radius 1 is 0.948 bits per heavy atom. The van der Waals surface area contributed by atoms with E-state index in [2.05, 4.69) is 86.1 Å². The first-order chi connectivity index (χ1) is 27.3. The van der Waals surface area contributed by atoms with Crippen molar-refractivity contribution < 1.29 is 24.6 Å². The van der Waals surface area contributed by atoms with E-state index in [1.165, 1.54) is 5.57 Å². The van der Waals surface area contributed by atoms with Crippen molar-refractivity contribution >= 4 is 29.6 Å². The lowest BCUT2D eigenvalue weighted by Crippen LogP contribution is -2.68. The lowest BCUT2D eigenvalue weighted by Gasteiger charge is -2.71. The molecule has 1 aromatic heterocycles. The number of hydrogen-bond acceptors (Lipinski definition) is 8. The molecule has 0 unspecified atom stereocenters. The van der Waals surface area contributed by atoms with E-state index in [1.54, 1.807) is 4.68 Å². The Morgan fingerprint density at radius 3 is 2.53 bits per heavy atom. The standard InChI is InChI=1S/C45H71N7O5S/c1-40(2)18-19-45(29(22-40)28-12-13-33-42(5)16-15-34(53)41(3,4)32(42)14-17-43(33,6)44(28,7)23-35(45)54)38(56)47-24-27-25-52(51-50-27)21-20-46-36(55)11-9-8-10-31-37-30(26-58-31)48-39(57)49-37/h12,25,29-35,37,53-54H,8-11,13-24,26H2,1-7H3,(H,46,55)(H,47,56)(H2,48,49,57)/t29-,30-,31-,32-,33+,34-,35+,37-,42-,43+,44+,45+/m0/s1. The van der Waals surface area contributed by atoms with Crippen molar-refractivity contribution in [1.82, 2.24) is 36.3 Å². The van der Waals surface area contributed by atoms with Crippen LogP contribution in [0.4, 0.5) is 4.79 Å². The van der Waals surface area contributed by atoms with Gasteiger partial charge in [-0.25, -0.2) is 4.79 Å². The van der Waals surface area contributed by atoms with Gasteiger partial charge < -0.3 is 31.5 Å². The number of carbonyl (C=O) groups excluding carboxylic acids is 3. The number of rotatable bonds is 11. The smallest absolute Gasteiger partial charge is 0.315 e. The molecule has 6 fully saturated rings. The van der Waals surface area contributed by atoms with Crippen LogP contribution in [0.25, 0.3) is 0 Å². The third kappa shape index (κ3) is 6.83. The summed E-state index contributed by atoms with van der Waals surface area (Å²) in [5.41, 5.74) is 0.966. The highest BCUT2D eigenvalue weighted by molar-refractivity contribution is 8.00. The fraction of sp³-hybridized carbons (Fsp3) is 0.844. The number of hydrogen-bond donors (Lipinski definition) is 6. The molecule has 0 bridgehead atoms. The van der Waals surface area contributed by atoms with Crippen LogP contribution >= 0.6 is 11.8 Å². The molecule has 6 N–H and O–H groups in total. The summed E-state index contributed by atoms with van der Waals surface area (Å²) in [6.07, 6.45) is 14.6. The van der Waals surface area contributed by atoms with Gasteiger partial charge in [0.2, 0.25) is 11.8 Å². The second-order valence-electron chi connectivity index (χ2n) is 21.7. The summed E-state index contributed by atoms with van der Waals surface area (Å²) in [6.45, 7) is 17.8. The highest BCUT2D eigenvalue weighted by Gasteiger charge is 2.71. The first-order valence-corrected chi connectivity index (χ1v) is 23.6. The number of nitrogens with zero attached hydrogens (tertiary/aromatic N) is 3. The number of urea groups is 1. The number of allylic oxidation sites excluding steroid dienone is 2. The van der Waals surface area contributed by atoms with E-state index in [9.17, 15) is 24.6 Å². The summed E-state index contributed by atoms with van der Waals surface area (Å²) in [7, 11) is 0. The number of unbranched alkanes of at least 4 members (excludes halogenated alkanes) is 1. The number of aliphatic hydroxyl groups excluding tert-OH is 2. The van der Waals surface area contributed by atoms with Crippen LogP contribution in [-0.2, 0) is 22.7 Å². The molecule has 8 rings (SSSR count). The average Bonchev–Trinajstić information content (AvgIpc) is 3.87. The second kappa shape index (κ2) is 15.1. The number of amides is 4. The minimum absolute atomic E-state index is 0.0169. The number of aromatic nitrogens is 3. The summed E-state index contributed by atoms with van der Waals surface area (Å²) in [5.74, 6) is 1.75. The van der Waals surface area contributed by atoms with Gasteiger partial charge in [0.05, 0.1) is 49.0 Å². The van der Waals surface area contributed by atoms with Crippen molar-refractivity contribution in [2.75, 3.05) is 12.3 Å². The van der Waals surface area contributed by atoms with Crippen LogP contribution in [0.2, 0.25) is 0 Å². The van der Waals surface area contributed by atoms with E-state index in [4.69, 9.17) is 0 Å². The Balaban J connectivity index is 0.883. The Morgan fingerprint density at radius 2 is 1.74 bits per heavy atom. The van der Waals surface area contributed by atoms with Gasteiger partial charge in [0, 0.05) is 24.0 Å². The van der Waals surface area contributed by atoms with Gasteiger partial charge in [-0.1, -0.05) is 71.7 Å². The Labute approximate surface area is 350 Å². The van der Waals surface area contributed by atoms with Crippen molar-refractivity contribution in [2.45, 2.75) is 175 Å². The molecular formula is C45H71N7O5S. The molecule has 3 heterocycles. The quantitative estimate of drug-likeness (QED) is 0.0915. The molecular weight excluding hydrogens is 751 g/mol. The van der Waals surface area contributed by atoms with E-state index in [0.29, 0.717) is 55.1 Å². The Hall–Kier alpha value is -2.64. The lowest BCUT2D eigenvalue weighted by molar-refractivity contribution is -0.215. The van der Waals surface area contributed by atoms with Crippen molar-refractivity contribution in [1.29, 1.82) is 0 Å². The van der Waals surface area contributed by atoms with Crippen LogP contribution in [0, 0.1) is 50.2 Å². The maximum absolute atomic E-state index is 14.7. The summed E-state index contributed by atoms with van der Waals surface area (Å²) in [4.78, 5) is 38.9. The molecule has 322 valence electrons. The molecule has 4 saturated carbocycles. The molecule has 13 heteroatoms. The molecule has 4 amide bonds. The molecule has 5 aliphatic carbocycles. The van der Waals surface area contributed by atoms with Crippen LogP contribution in [0.15, 0.2) is 17.8 Å². The third-order valence-corrected chi connectivity index (χ3v) is 19.4. The minimum Gasteiger partial charge on any atom is -0.393 e. The molecule has 0 spiro atoms. The van der Waals surface area contributed by atoms with Gasteiger partial charge in [-0.3, -0.25) is 14.3 Å². The second-order valence-corrected chi connectivity index (χ2v) is 23.0. The van der Waals surface area contributed by atoms with Crippen LogP contribution in [0.3, 0.4) is 0 Å². The first kappa shape index (κ1) is 42.1. The lowest BCUT2D eigenvalue weighted by atomic mass is 9.33. The highest BCUT2D eigenvalue weighted by atomic mass is 32.2. The normalized spacial score (nSPS) is 42.0. The van der Waals surface area contributed by atoms with Gasteiger partial charge in [0.15, 0.2) is 0 Å². The van der Waals surface area contributed by atoms with Crippen LogP contribution < -0.4 is 21.3 Å². The van der Waals surface area contributed by atoms with Crippen molar-refractivity contribution in [3.63, 3.8) is 0 Å². The van der Waals surface area contributed by atoms with Crippen molar-refractivity contribution in [3.8, 4) is 0 Å². The van der Waals surface area contributed by atoms with Gasteiger partial charge in [-0.05, 0) is 115 Å². The first-order valence-electron chi connectivity index (χ1n) is 22.5. The zero-order chi connectivity index (χ0) is 41.5. The van der Waals surface area contributed by atoms with E-state index in [0.717, 1.165) is 70.0 Å². The molecule has 1 aromatic rings. The van der Waals surface area contributed by atoms with Gasteiger partial charge in [-0.15, -0.1) is 5.10 Å². The van der Waals surface area contributed by atoms with Gasteiger partial charge in [0.25, 0.3) is 0 Å².